The zero-order valence-electron chi connectivity index (χ0n) is 11.8. The minimum absolute atomic E-state index is 0.0970. The van der Waals surface area contributed by atoms with Crippen molar-refractivity contribution in [1.29, 1.82) is 0 Å². The minimum atomic E-state index is -0.0970. The Morgan fingerprint density at radius 2 is 1.47 bits per heavy atom. The van der Waals surface area contributed by atoms with Crippen LogP contribution in [0.1, 0.15) is 28.3 Å². The molecule has 0 radical (unpaired) electrons. The quantitative estimate of drug-likeness (QED) is 0.904. The molecule has 0 fully saturated rings. The predicted molar refractivity (Wildman–Crippen MR) is 79.5 cm³/mol. The summed E-state index contributed by atoms with van der Waals surface area (Å²) in [6.07, 6.45) is 0. The van der Waals surface area contributed by atoms with E-state index in [0.717, 1.165) is 22.4 Å². The molecule has 0 saturated heterocycles. The summed E-state index contributed by atoms with van der Waals surface area (Å²) in [5, 5.41) is 0. The lowest BCUT2D eigenvalue weighted by Crippen LogP contribution is -2.20. The Labute approximate surface area is 115 Å². The van der Waals surface area contributed by atoms with E-state index in [1.54, 1.807) is 0 Å². The number of rotatable bonds is 4. The Hall–Kier alpha value is -1.80. The van der Waals surface area contributed by atoms with Gasteiger partial charge in [0, 0.05) is 0 Å². The van der Waals surface area contributed by atoms with Gasteiger partial charge in [-0.3, -0.25) is 0 Å². The summed E-state index contributed by atoms with van der Waals surface area (Å²) in [6, 6.07) is 14.2. The van der Waals surface area contributed by atoms with Crippen LogP contribution in [0.4, 0.5) is 0 Å². The van der Waals surface area contributed by atoms with E-state index in [1.165, 1.54) is 5.56 Å². The molecule has 0 aliphatic rings. The Morgan fingerprint density at radius 3 is 2.11 bits per heavy atom. The molecule has 0 aliphatic carbocycles. The van der Waals surface area contributed by atoms with E-state index in [-0.39, 0.29) is 6.04 Å². The van der Waals surface area contributed by atoms with E-state index in [1.807, 2.05) is 18.2 Å². The molecule has 0 aromatic heterocycles. The number of hydrogen-bond donors (Lipinski definition) is 1. The molecule has 0 amide bonds. The number of benzene rings is 2. The molecular formula is C17H21NO. The normalized spacial score (nSPS) is 12.2. The van der Waals surface area contributed by atoms with Crippen LogP contribution in [0.3, 0.4) is 0 Å². The molecule has 2 N–H and O–H groups in total. The van der Waals surface area contributed by atoms with Gasteiger partial charge in [0.05, 0.1) is 6.04 Å². The van der Waals surface area contributed by atoms with Crippen LogP contribution >= 0.6 is 0 Å². The van der Waals surface area contributed by atoms with Crippen molar-refractivity contribution >= 4 is 0 Å². The maximum absolute atomic E-state index is 6.22. The molecule has 0 aliphatic heterocycles. The summed E-state index contributed by atoms with van der Waals surface area (Å²) >= 11 is 0. The van der Waals surface area contributed by atoms with Crippen LogP contribution in [-0.2, 0) is 0 Å². The van der Waals surface area contributed by atoms with Crippen LogP contribution in [0, 0.1) is 20.8 Å². The lowest BCUT2D eigenvalue weighted by molar-refractivity contribution is 0.286. The van der Waals surface area contributed by atoms with Gasteiger partial charge in [-0.2, -0.15) is 0 Å². The molecule has 1 atom stereocenters. The lowest BCUT2D eigenvalue weighted by Gasteiger charge is -2.18. The largest absolute Gasteiger partial charge is 0.491 e. The first-order chi connectivity index (χ1) is 9.09. The number of ether oxygens (including phenoxy) is 1. The second-order valence-electron chi connectivity index (χ2n) is 5.00. The van der Waals surface area contributed by atoms with Crippen LogP contribution in [0.2, 0.25) is 0 Å². The number of nitrogens with two attached hydrogens (primary N) is 1. The number of aryl methyl sites for hydroxylation is 3. The van der Waals surface area contributed by atoms with Crippen molar-refractivity contribution < 1.29 is 4.74 Å². The zero-order valence-corrected chi connectivity index (χ0v) is 11.8. The molecule has 19 heavy (non-hydrogen) atoms. The fraction of sp³-hybridized carbons (Fsp3) is 0.294. The van der Waals surface area contributed by atoms with Gasteiger partial charge in [-0.15, -0.1) is 0 Å². The Morgan fingerprint density at radius 1 is 0.895 bits per heavy atom. The molecule has 1 unspecified atom stereocenters. The lowest BCUT2D eigenvalue weighted by atomic mass is 10.0. The molecule has 0 saturated carbocycles. The highest BCUT2D eigenvalue weighted by molar-refractivity contribution is 5.40. The summed E-state index contributed by atoms with van der Waals surface area (Å²) in [6.45, 7) is 6.69. The molecule has 2 rings (SSSR count). The van der Waals surface area contributed by atoms with Crippen LogP contribution < -0.4 is 10.5 Å². The van der Waals surface area contributed by atoms with Gasteiger partial charge in [-0.1, -0.05) is 42.5 Å². The van der Waals surface area contributed by atoms with Gasteiger partial charge < -0.3 is 10.5 Å². The van der Waals surface area contributed by atoms with E-state index in [9.17, 15) is 0 Å². The van der Waals surface area contributed by atoms with Crippen LogP contribution in [0.15, 0.2) is 42.5 Å². The molecule has 0 spiro atoms. The Kier molecular flexibility index (Phi) is 4.23. The first kappa shape index (κ1) is 13.6. The summed E-state index contributed by atoms with van der Waals surface area (Å²) in [7, 11) is 0. The highest BCUT2D eigenvalue weighted by Crippen LogP contribution is 2.24. The second-order valence-corrected chi connectivity index (χ2v) is 5.00. The molecule has 0 bridgehead atoms. The average Bonchev–Trinajstić information content (AvgIpc) is 2.38. The first-order valence-electron chi connectivity index (χ1n) is 6.59. The van der Waals surface area contributed by atoms with Gasteiger partial charge in [-0.05, 0) is 43.0 Å². The number of hydrogen-bond acceptors (Lipinski definition) is 2. The van der Waals surface area contributed by atoms with E-state index >= 15 is 0 Å². The molecule has 100 valence electrons. The van der Waals surface area contributed by atoms with Crippen molar-refractivity contribution in [3.8, 4) is 5.75 Å². The standard InChI is InChI=1S/C17H21NO/c1-12-7-4-5-10-15(12)16(18)11-19-17-13(2)8-6-9-14(17)3/h4-10,16H,11,18H2,1-3H3. The van der Waals surface area contributed by atoms with Crippen LogP contribution in [0.5, 0.6) is 5.75 Å². The second kappa shape index (κ2) is 5.89. The summed E-state index contributed by atoms with van der Waals surface area (Å²) < 4.78 is 5.91. The molecular weight excluding hydrogens is 234 g/mol. The fourth-order valence-corrected chi connectivity index (χ4v) is 2.29. The van der Waals surface area contributed by atoms with E-state index in [4.69, 9.17) is 10.5 Å². The minimum Gasteiger partial charge on any atom is -0.491 e. The summed E-state index contributed by atoms with van der Waals surface area (Å²) in [5.41, 5.74) is 10.9. The SMILES string of the molecule is Cc1ccccc1C(N)COc1c(C)cccc1C. The third-order valence-electron chi connectivity index (χ3n) is 3.40. The van der Waals surface area contributed by atoms with Gasteiger partial charge in [0.2, 0.25) is 0 Å². The van der Waals surface area contributed by atoms with Gasteiger partial charge >= 0.3 is 0 Å². The maximum atomic E-state index is 6.22. The Balaban J connectivity index is 2.09. The zero-order chi connectivity index (χ0) is 13.8. The molecule has 2 nitrogen and oxygen atoms in total. The van der Waals surface area contributed by atoms with Gasteiger partial charge in [-0.25, -0.2) is 0 Å². The van der Waals surface area contributed by atoms with Crippen molar-refractivity contribution in [3.63, 3.8) is 0 Å². The molecule has 2 aromatic rings. The third kappa shape index (κ3) is 3.15. The topological polar surface area (TPSA) is 35.2 Å². The van der Waals surface area contributed by atoms with Crippen LogP contribution in [-0.4, -0.2) is 6.61 Å². The Bertz CT molecular complexity index is 543. The third-order valence-corrected chi connectivity index (χ3v) is 3.40. The highest BCUT2D eigenvalue weighted by atomic mass is 16.5. The first-order valence-corrected chi connectivity index (χ1v) is 6.59. The van der Waals surface area contributed by atoms with Crippen molar-refractivity contribution in [1.82, 2.24) is 0 Å². The molecule has 2 aromatic carbocycles. The highest BCUT2D eigenvalue weighted by Gasteiger charge is 2.11. The van der Waals surface area contributed by atoms with E-state index < -0.39 is 0 Å². The molecule has 0 heterocycles. The van der Waals surface area contributed by atoms with Gasteiger partial charge in [0.15, 0.2) is 0 Å². The van der Waals surface area contributed by atoms with Crippen LogP contribution in [0.25, 0.3) is 0 Å². The maximum Gasteiger partial charge on any atom is 0.125 e. The monoisotopic (exact) mass is 255 g/mol. The van der Waals surface area contributed by atoms with Crippen molar-refractivity contribution in [2.75, 3.05) is 6.61 Å². The average molecular weight is 255 g/mol. The van der Waals surface area contributed by atoms with E-state index in [0.29, 0.717) is 6.61 Å². The summed E-state index contributed by atoms with van der Waals surface area (Å²) in [4.78, 5) is 0. The van der Waals surface area contributed by atoms with E-state index in [2.05, 4.69) is 45.0 Å². The van der Waals surface area contributed by atoms with Crippen molar-refractivity contribution in [2.45, 2.75) is 26.8 Å². The summed E-state index contributed by atoms with van der Waals surface area (Å²) in [5.74, 6) is 0.950. The smallest absolute Gasteiger partial charge is 0.125 e. The predicted octanol–water partition coefficient (Wildman–Crippen LogP) is 3.69. The fourth-order valence-electron chi connectivity index (χ4n) is 2.29. The number of para-hydroxylation sites is 1. The van der Waals surface area contributed by atoms with Gasteiger partial charge in [0.25, 0.3) is 0 Å². The molecule has 2 heteroatoms. The van der Waals surface area contributed by atoms with Crippen molar-refractivity contribution in [3.05, 3.63) is 64.7 Å². The van der Waals surface area contributed by atoms with Gasteiger partial charge in [0.1, 0.15) is 12.4 Å². The van der Waals surface area contributed by atoms with Crippen molar-refractivity contribution in [2.24, 2.45) is 5.73 Å².